The summed E-state index contributed by atoms with van der Waals surface area (Å²) in [5.41, 5.74) is 1.31. The van der Waals surface area contributed by atoms with E-state index in [9.17, 15) is 14.7 Å². The molecule has 0 aliphatic rings. The van der Waals surface area contributed by atoms with E-state index in [1.807, 2.05) is 18.2 Å². The number of carboxylic acids is 1. The van der Waals surface area contributed by atoms with Crippen molar-refractivity contribution in [3.63, 3.8) is 0 Å². The van der Waals surface area contributed by atoms with Gasteiger partial charge in [-0.25, -0.2) is 9.78 Å². The highest BCUT2D eigenvalue weighted by molar-refractivity contribution is 5.77. The molecule has 3 aromatic carbocycles. The largest absolute Gasteiger partial charge is 0.486 e. The number of ether oxygens (including phenoxy) is 2. The van der Waals surface area contributed by atoms with E-state index in [0.29, 0.717) is 28.2 Å². The summed E-state index contributed by atoms with van der Waals surface area (Å²) in [5, 5.41) is 10.1. The first kappa shape index (κ1) is 21.1. The minimum Gasteiger partial charge on any atom is -0.486 e. The Morgan fingerprint density at radius 1 is 0.969 bits per heavy atom. The van der Waals surface area contributed by atoms with Gasteiger partial charge in [-0.1, -0.05) is 42.5 Å². The standard InChI is InChI=1S/C25H22N2O5/c1-27-23(26-21-10-6-5-9-20(21)24(27)28)16-31-18-13-11-17(12-14-18)15-22(25(29)30)32-19-7-3-2-4-8-19/h2-14,22H,15-16H2,1H3,(H,29,30). The number of aromatic nitrogens is 2. The molecule has 1 N–H and O–H groups in total. The fourth-order valence-corrected chi connectivity index (χ4v) is 3.32. The van der Waals surface area contributed by atoms with Gasteiger partial charge in [-0.2, -0.15) is 0 Å². The van der Waals surface area contributed by atoms with E-state index >= 15 is 0 Å². The number of carbonyl (C=O) groups is 1. The van der Waals surface area contributed by atoms with Crippen LogP contribution in [0.4, 0.5) is 0 Å². The van der Waals surface area contributed by atoms with Crippen molar-refractivity contribution in [2.75, 3.05) is 0 Å². The summed E-state index contributed by atoms with van der Waals surface area (Å²) in [4.78, 5) is 28.6. The van der Waals surface area contributed by atoms with Crippen LogP contribution in [0.3, 0.4) is 0 Å². The topological polar surface area (TPSA) is 90.7 Å². The minimum absolute atomic E-state index is 0.123. The first-order valence-corrected chi connectivity index (χ1v) is 10.1. The Kier molecular flexibility index (Phi) is 6.17. The van der Waals surface area contributed by atoms with Crippen molar-refractivity contribution >= 4 is 16.9 Å². The molecule has 1 heterocycles. The minimum atomic E-state index is -1.03. The summed E-state index contributed by atoms with van der Waals surface area (Å²) in [7, 11) is 1.67. The number of aliphatic carboxylic acids is 1. The first-order chi connectivity index (χ1) is 15.5. The van der Waals surface area contributed by atoms with Gasteiger partial charge in [-0.3, -0.25) is 9.36 Å². The zero-order chi connectivity index (χ0) is 22.5. The molecule has 0 saturated heterocycles. The molecule has 0 radical (unpaired) electrons. The molecule has 4 aromatic rings. The van der Waals surface area contributed by atoms with E-state index in [0.717, 1.165) is 5.56 Å². The lowest BCUT2D eigenvalue weighted by atomic mass is 10.1. The lowest BCUT2D eigenvalue weighted by Crippen LogP contribution is -2.29. The van der Waals surface area contributed by atoms with Crippen molar-refractivity contribution < 1.29 is 19.4 Å². The molecule has 7 nitrogen and oxygen atoms in total. The van der Waals surface area contributed by atoms with Crippen LogP contribution in [0.2, 0.25) is 0 Å². The smallest absolute Gasteiger partial charge is 0.345 e. The summed E-state index contributed by atoms with van der Waals surface area (Å²) in [6.07, 6.45) is -0.786. The molecular formula is C25H22N2O5. The number of carboxylic acid groups (broad SMARTS) is 1. The predicted molar refractivity (Wildman–Crippen MR) is 120 cm³/mol. The second kappa shape index (κ2) is 9.34. The van der Waals surface area contributed by atoms with Gasteiger partial charge >= 0.3 is 5.97 Å². The highest BCUT2D eigenvalue weighted by Gasteiger charge is 2.20. The Morgan fingerprint density at radius 3 is 2.38 bits per heavy atom. The molecule has 0 fully saturated rings. The fraction of sp³-hybridized carbons (Fsp3) is 0.160. The second-order valence-corrected chi connectivity index (χ2v) is 7.30. The van der Waals surface area contributed by atoms with Crippen molar-refractivity contribution in [3.05, 3.63) is 101 Å². The number of rotatable bonds is 8. The summed E-state index contributed by atoms with van der Waals surface area (Å²) in [6.45, 7) is 0.130. The maximum Gasteiger partial charge on any atom is 0.345 e. The van der Waals surface area contributed by atoms with E-state index in [2.05, 4.69) is 4.98 Å². The quantitative estimate of drug-likeness (QED) is 0.459. The SMILES string of the molecule is Cn1c(COc2ccc(CC(Oc3ccccc3)C(=O)O)cc2)nc2ccccc2c1=O. The molecular weight excluding hydrogens is 408 g/mol. The third-order valence-electron chi connectivity index (χ3n) is 5.09. The van der Waals surface area contributed by atoms with Crippen molar-refractivity contribution in [1.29, 1.82) is 0 Å². The zero-order valence-electron chi connectivity index (χ0n) is 17.5. The predicted octanol–water partition coefficient (Wildman–Crippen LogP) is 3.59. The second-order valence-electron chi connectivity index (χ2n) is 7.30. The number of para-hydroxylation sites is 2. The third-order valence-corrected chi connectivity index (χ3v) is 5.09. The number of benzene rings is 3. The number of nitrogens with zero attached hydrogens (tertiary/aromatic N) is 2. The Bertz CT molecular complexity index is 1280. The van der Waals surface area contributed by atoms with Crippen LogP contribution in [0.15, 0.2) is 83.7 Å². The molecule has 162 valence electrons. The average Bonchev–Trinajstić information content (AvgIpc) is 2.81. The Hall–Kier alpha value is -4.13. The first-order valence-electron chi connectivity index (χ1n) is 10.1. The summed E-state index contributed by atoms with van der Waals surface area (Å²) in [6, 6.07) is 23.2. The lowest BCUT2D eigenvalue weighted by molar-refractivity contribution is -0.145. The van der Waals surface area contributed by atoms with Crippen LogP contribution in [-0.4, -0.2) is 26.7 Å². The van der Waals surface area contributed by atoms with Crippen LogP contribution >= 0.6 is 0 Å². The van der Waals surface area contributed by atoms with E-state index in [1.54, 1.807) is 67.7 Å². The van der Waals surface area contributed by atoms with E-state index in [1.165, 1.54) is 4.57 Å². The summed E-state index contributed by atoms with van der Waals surface area (Å²) >= 11 is 0. The maximum absolute atomic E-state index is 12.5. The van der Waals surface area contributed by atoms with Crippen LogP contribution < -0.4 is 15.0 Å². The summed E-state index contributed by atoms with van der Waals surface area (Å²) < 4.78 is 12.9. The Balaban J connectivity index is 1.43. The van der Waals surface area contributed by atoms with Gasteiger partial charge in [-0.15, -0.1) is 0 Å². The van der Waals surface area contributed by atoms with Gasteiger partial charge in [-0.05, 0) is 42.0 Å². The van der Waals surface area contributed by atoms with Crippen molar-refractivity contribution in [3.8, 4) is 11.5 Å². The monoisotopic (exact) mass is 430 g/mol. The molecule has 0 bridgehead atoms. The molecule has 0 spiro atoms. The average molecular weight is 430 g/mol. The van der Waals surface area contributed by atoms with Gasteiger partial charge in [0.2, 0.25) is 0 Å². The fourth-order valence-electron chi connectivity index (χ4n) is 3.32. The molecule has 4 rings (SSSR count). The van der Waals surface area contributed by atoms with Crippen molar-refractivity contribution in [2.45, 2.75) is 19.1 Å². The molecule has 1 unspecified atom stereocenters. The molecule has 0 amide bonds. The molecule has 1 aromatic heterocycles. The van der Waals surface area contributed by atoms with Gasteiger partial charge in [0.15, 0.2) is 6.10 Å². The van der Waals surface area contributed by atoms with Gasteiger partial charge in [0.1, 0.15) is 23.9 Å². The zero-order valence-corrected chi connectivity index (χ0v) is 17.5. The van der Waals surface area contributed by atoms with Crippen LogP contribution in [0.25, 0.3) is 10.9 Å². The van der Waals surface area contributed by atoms with Gasteiger partial charge in [0.05, 0.1) is 10.9 Å². The van der Waals surface area contributed by atoms with Crippen LogP contribution in [0.5, 0.6) is 11.5 Å². The lowest BCUT2D eigenvalue weighted by Gasteiger charge is -2.15. The maximum atomic E-state index is 12.5. The highest BCUT2D eigenvalue weighted by Crippen LogP contribution is 2.18. The third kappa shape index (κ3) is 4.78. The van der Waals surface area contributed by atoms with Crippen LogP contribution in [0.1, 0.15) is 11.4 Å². The number of fused-ring (bicyclic) bond motifs is 1. The highest BCUT2D eigenvalue weighted by atomic mass is 16.5. The Labute approximate surface area is 184 Å². The normalized spacial score (nSPS) is 11.8. The number of hydrogen-bond acceptors (Lipinski definition) is 5. The van der Waals surface area contributed by atoms with E-state index in [4.69, 9.17) is 9.47 Å². The molecule has 7 heteroatoms. The summed E-state index contributed by atoms with van der Waals surface area (Å²) in [5.74, 6) is 0.581. The molecule has 0 aliphatic heterocycles. The van der Waals surface area contributed by atoms with E-state index in [-0.39, 0.29) is 18.6 Å². The van der Waals surface area contributed by atoms with Crippen LogP contribution in [0, 0.1) is 0 Å². The molecule has 0 aliphatic carbocycles. The molecule has 32 heavy (non-hydrogen) atoms. The molecule has 0 saturated carbocycles. The van der Waals surface area contributed by atoms with Gasteiger partial charge in [0, 0.05) is 13.5 Å². The van der Waals surface area contributed by atoms with Crippen molar-refractivity contribution in [1.82, 2.24) is 9.55 Å². The van der Waals surface area contributed by atoms with E-state index < -0.39 is 12.1 Å². The van der Waals surface area contributed by atoms with Gasteiger partial charge in [0.25, 0.3) is 5.56 Å². The number of hydrogen-bond donors (Lipinski definition) is 1. The van der Waals surface area contributed by atoms with Gasteiger partial charge < -0.3 is 14.6 Å². The van der Waals surface area contributed by atoms with Crippen LogP contribution in [-0.2, 0) is 24.9 Å². The molecule has 1 atom stereocenters. The van der Waals surface area contributed by atoms with Crippen molar-refractivity contribution in [2.24, 2.45) is 7.05 Å². The Morgan fingerprint density at radius 2 is 1.66 bits per heavy atom.